The predicted molar refractivity (Wildman–Crippen MR) is 121 cm³/mol. The van der Waals surface area contributed by atoms with E-state index in [1.807, 2.05) is 47.8 Å². The number of hydrogen-bond acceptors (Lipinski definition) is 5. The van der Waals surface area contributed by atoms with Crippen molar-refractivity contribution in [2.45, 2.75) is 39.5 Å². The minimum atomic E-state index is -0.0183. The summed E-state index contributed by atoms with van der Waals surface area (Å²) in [7, 11) is 2.02. The molecule has 0 saturated carbocycles. The number of para-hydroxylation sites is 1. The van der Waals surface area contributed by atoms with Crippen LogP contribution in [0.25, 0.3) is 16.7 Å². The number of benzene rings is 1. The highest BCUT2D eigenvalue weighted by atomic mass is 35.5. The van der Waals surface area contributed by atoms with Crippen LogP contribution in [0.15, 0.2) is 41.2 Å². The van der Waals surface area contributed by atoms with E-state index in [4.69, 9.17) is 28.9 Å². The van der Waals surface area contributed by atoms with E-state index in [2.05, 4.69) is 11.8 Å². The Kier molecular flexibility index (Phi) is 5.87. The molecule has 0 aliphatic rings. The number of thiophene rings is 1. The average Bonchev–Trinajstić information content (AvgIpc) is 3.25. The summed E-state index contributed by atoms with van der Waals surface area (Å²) in [4.78, 5) is 16.4. The van der Waals surface area contributed by atoms with Crippen LogP contribution in [-0.2, 0) is 19.8 Å². The standard InChI is InChI=1S/C20H22ClN5OS2/c1-3-4-11-24-18(27)15-7-5-6-8-16(15)26-19(24)22-25(20(26)28)13-23(2)12-14-9-10-17(21)29-14/h5-10H,3-4,11-13H2,1-2H3. The van der Waals surface area contributed by atoms with Crippen LogP contribution in [-0.4, -0.2) is 30.7 Å². The maximum absolute atomic E-state index is 13.1. The molecule has 0 aliphatic heterocycles. The lowest BCUT2D eigenvalue weighted by Gasteiger charge is -2.14. The third kappa shape index (κ3) is 3.90. The number of hydrogen-bond donors (Lipinski definition) is 0. The number of nitrogens with zero attached hydrogens (tertiary/aromatic N) is 5. The molecule has 0 spiro atoms. The Morgan fingerprint density at radius 2 is 2.03 bits per heavy atom. The second kappa shape index (κ2) is 8.39. The van der Waals surface area contributed by atoms with Gasteiger partial charge in [0.15, 0.2) is 0 Å². The molecule has 152 valence electrons. The first kappa shape index (κ1) is 20.3. The normalized spacial score (nSPS) is 11.9. The highest BCUT2D eigenvalue weighted by Crippen LogP contribution is 2.22. The Hall–Kier alpha value is -2.00. The van der Waals surface area contributed by atoms with Gasteiger partial charge in [-0.3, -0.25) is 18.7 Å². The Labute approximate surface area is 182 Å². The van der Waals surface area contributed by atoms with Crippen molar-refractivity contribution in [3.05, 3.63) is 60.7 Å². The van der Waals surface area contributed by atoms with Crippen molar-refractivity contribution in [2.24, 2.45) is 0 Å². The molecule has 3 heterocycles. The van der Waals surface area contributed by atoms with Gasteiger partial charge in [-0.25, -0.2) is 4.68 Å². The lowest BCUT2D eigenvalue weighted by Crippen LogP contribution is -2.23. The van der Waals surface area contributed by atoms with Crippen LogP contribution >= 0.6 is 35.2 Å². The molecule has 4 aromatic rings. The number of aromatic nitrogens is 4. The van der Waals surface area contributed by atoms with Gasteiger partial charge >= 0.3 is 0 Å². The summed E-state index contributed by atoms with van der Waals surface area (Å²) in [5.41, 5.74) is 0.777. The Balaban J connectivity index is 1.80. The topological polar surface area (TPSA) is 47.5 Å². The fourth-order valence-electron chi connectivity index (χ4n) is 3.46. The molecule has 0 atom stereocenters. The van der Waals surface area contributed by atoms with Crippen molar-refractivity contribution < 1.29 is 0 Å². The largest absolute Gasteiger partial charge is 0.282 e. The van der Waals surface area contributed by atoms with Gasteiger partial charge in [-0.2, -0.15) is 0 Å². The maximum Gasteiger partial charge on any atom is 0.262 e. The quantitative estimate of drug-likeness (QED) is 0.382. The molecule has 0 aliphatic carbocycles. The molecule has 6 nitrogen and oxygen atoms in total. The van der Waals surface area contributed by atoms with E-state index in [9.17, 15) is 4.79 Å². The third-order valence-corrected chi connectivity index (χ3v) is 6.46. The zero-order valence-corrected chi connectivity index (χ0v) is 18.7. The molecule has 4 rings (SSSR count). The molecule has 9 heteroatoms. The van der Waals surface area contributed by atoms with E-state index in [-0.39, 0.29) is 5.56 Å². The molecule has 0 bridgehead atoms. The maximum atomic E-state index is 13.1. The van der Waals surface area contributed by atoms with Crippen LogP contribution < -0.4 is 5.56 Å². The summed E-state index contributed by atoms with van der Waals surface area (Å²) < 4.78 is 6.81. The first-order valence-electron chi connectivity index (χ1n) is 9.53. The SMILES string of the molecule is CCCCn1c(=O)c2ccccc2n2c(=S)n(CN(C)Cc3ccc(Cl)s3)nc12. The van der Waals surface area contributed by atoms with Gasteiger partial charge in [-0.15, -0.1) is 16.4 Å². The molecule has 3 aromatic heterocycles. The van der Waals surface area contributed by atoms with E-state index in [0.717, 1.165) is 29.2 Å². The second-order valence-electron chi connectivity index (χ2n) is 7.11. The molecular formula is C20H22ClN5OS2. The van der Waals surface area contributed by atoms with Crippen LogP contribution in [0, 0.1) is 4.77 Å². The summed E-state index contributed by atoms with van der Waals surface area (Å²) in [5, 5.41) is 5.40. The van der Waals surface area contributed by atoms with E-state index in [1.165, 1.54) is 4.88 Å². The van der Waals surface area contributed by atoms with Crippen LogP contribution in [0.3, 0.4) is 0 Å². The minimum absolute atomic E-state index is 0.0183. The zero-order chi connectivity index (χ0) is 20.5. The smallest absolute Gasteiger partial charge is 0.262 e. The number of unbranched alkanes of at least 4 members (excludes halogenated alkanes) is 1. The van der Waals surface area contributed by atoms with Crippen molar-refractivity contribution in [1.29, 1.82) is 0 Å². The third-order valence-electron chi connectivity index (χ3n) is 4.85. The first-order valence-corrected chi connectivity index (χ1v) is 11.1. The van der Waals surface area contributed by atoms with E-state index >= 15 is 0 Å². The molecule has 0 radical (unpaired) electrons. The van der Waals surface area contributed by atoms with Crippen molar-refractivity contribution >= 4 is 51.8 Å². The van der Waals surface area contributed by atoms with Crippen molar-refractivity contribution in [3.63, 3.8) is 0 Å². The van der Waals surface area contributed by atoms with Gasteiger partial charge < -0.3 is 0 Å². The second-order valence-corrected chi connectivity index (χ2v) is 9.27. The van der Waals surface area contributed by atoms with Crippen LogP contribution in [0.4, 0.5) is 0 Å². The lowest BCUT2D eigenvalue weighted by atomic mass is 10.2. The molecule has 0 saturated heterocycles. The number of fused-ring (bicyclic) bond motifs is 3. The number of halogens is 1. The highest BCUT2D eigenvalue weighted by molar-refractivity contribution is 7.71. The van der Waals surface area contributed by atoms with Gasteiger partial charge in [-0.05, 0) is 50.0 Å². The van der Waals surface area contributed by atoms with Crippen molar-refractivity contribution in [3.8, 4) is 0 Å². The summed E-state index contributed by atoms with van der Waals surface area (Å²) >= 11 is 13.4. The molecule has 0 N–H and O–H groups in total. The van der Waals surface area contributed by atoms with Crippen LogP contribution in [0.5, 0.6) is 0 Å². The Bertz CT molecular complexity index is 1290. The molecular weight excluding hydrogens is 426 g/mol. The van der Waals surface area contributed by atoms with E-state index in [1.54, 1.807) is 20.6 Å². The van der Waals surface area contributed by atoms with Crippen LogP contribution in [0.2, 0.25) is 4.34 Å². The highest BCUT2D eigenvalue weighted by Gasteiger charge is 2.16. The first-order chi connectivity index (χ1) is 14.0. The summed E-state index contributed by atoms with van der Waals surface area (Å²) in [6.07, 6.45) is 1.91. The van der Waals surface area contributed by atoms with E-state index in [0.29, 0.717) is 29.1 Å². The summed E-state index contributed by atoms with van der Waals surface area (Å²) in [6, 6.07) is 11.5. The molecule has 1 aromatic carbocycles. The van der Waals surface area contributed by atoms with Crippen molar-refractivity contribution in [1.82, 2.24) is 23.6 Å². The van der Waals surface area contributed by atoms with Gasteiger partial charge in [0.25, 0.3) is 5.56 Å². The number of rotatable bonds is 7. The Morgan fingerprint density at radius 1 is 1.24 bits per heavy atom. The zero-order valence-electron chi connectivity index (χ0n) is 16.3. The molecule has 29 heavy (non-hydrogen) atoms. The average molecular weight is 448 g/mol. The van der Waals surface area contributed by atoms with E-state index < -0.39 is 0 Å². The van der Waals surface area contributed by atoms with Gasteiger partial charge in [0.1, 0.15) is 0 Å². The predicted octanol–water partition coefficient (Wildman–Crippen LogP) is 4.78. The summed E-state index contributed by atoms with van der Waals surface area (Å²) in [6.45, 7) is 4.00. The lowest BCUT2D eigenvalue weighted by molar-refractivity contribution is 0.246. The summed E-state index contributed by atoms with van der Waals surface area (Å²) in [5.74, 6) is 0.597. The van der Waals surface area contributed by atoms with Crippen LogP contribution in [0.1, 0.15) is 24.6 Å². The molecule has 0 unspecified atom stereocenters. The number of aryl methyl sites for hydroxylation is 1. The van der Waals surface area contributed by atoms with Gasteiger partial charge in [0.2, 0.25) is 10.5 Å². The Morgan fingerprint density at radius 3 is 2.76 bits per heavy atom. The fourth-order valence-corrected chi connectivity index (χ4v) is 4.91. The molecule has 0 amide bonds. The molecule has 0 fully saturated rings. The van der Waals surface area contributed by atoms with Gasteiger partial charge in [0, 0.05) is 18.0 Å². The monoisotopic (exact) mass is 447 g/mol. The van der Waals surface area contributed by atoms with Gasteiger partial charge in [-0.1, -0.05) is 37.1 Å². The van der Waals surface area contributed by atoms with Crippen molar-refractivity contribution in [2.75, 3.05) is 7.05 Å². The van der Waals surface area contributed by atoms with Gasteiger partial charge in [0.05, 0.1) is 21.9 Å². The minimum Gasteiger partial charge on any atom is -0.282 e. The fraction of sp³-hybridized carbons (Fsp3) is 0.350.